The van der Waals surface area contributed by atoms with E-state index in [9.17, 15) is 4.79 Å². The Kier molecular flexibility index (Phi) is 3.71. The van der Waals surface area contributed by atoms with Crippen molar-refractivity contribution in [3.63, 3.8) is 0 Å². The number of aromatic nitrogens is 2. The lowest BCUT2D eigenvalue weighted by Crippen LogP contribution is -2.25. The fraction of sp³-hybridized carbons (Fsp3) is 0.308. The standard InChI is InChI=1S/C13H15IN2O/c1-10(2)16-8-7-15(13(16)17)9-11-3-5-12(14)6-4-11/h3-8,10H,9H2,1-2H3. The van der Waals surface area contributed by atoms with Crippen LogP contribution >= 0.6 is 22.6 Å². The maximum atomic E-state index is 12.0. The Labute approximate surface area is 114 Å². The summed E-state index contributed by atoms with van der Waals surface area (Å²) in [7, 11) is 0. The van der Waals surface area contributed by atoms with Crippen LogP contribution in [-0.2, 0) is 6.54 Å². The number of halogens is 1. The maximum absolute atomic E-state index is 12.0. The van der Waals surface area contributed by atoms with Crippen LogP contribution in [-0.4, -0.2) is 9.13 Å². The first-order valence-corrected chi connectivity index (χ1v) is 6.67. The van der Waals surface area contributed by atoms with Gasteiger partial charge in [-0.3, -0.25) is 9.13 Å². The zero-order valence-electron chi connectivity index (χ0n) is 9.93. The molecule has 0 bridgehead atoms. The molecule has 0 unspecified atom stereocenters. The van der Waals surface area contributed by atoms with E-state index in [0.717, 1.165) is 5.56 Å². The van der Waals surface area contributed by atoms with Crippen LogP contribution in [0.15, 0.2) is 41.5 Å². The highest BCUT2D eigenvalue weighted by molar-refractivity contribution is 14.1. The lowest BCUT2D eigenvalue weighted by atomic mass is 10.2. The van der Waals surface area contributed by atoms with Crippen LogP contribution in [0.4, 0.5) is 0 Å². The number of hydrogen-bond donors (Lipinski definition) is 0. The molecule has 4 heteroatoms. The van der Waals surface area contributed by atoms with E-state index in [2.05, 4.69) is 46.9 Å². The van der Waals surface area contributed by atoms with Gasteiger partial charge in [-0.05, 0) is 54.1 Å². The van der Waals surface area contributed by atoms with Gasteiger partial charge in [-0.15, -0.1) is 0 Å². The molecule has 0 fully saturated rings. The van der Waals surface area contributed by atoms with E-state index in [1.165, 1.54) is 3.57 Å². The fourth-order valence-electron chi connectivity index (χ4n) is 1.73. The van der Waals surface area contributed by atoms with Gasteiger partial charge in [-0.2, -0.15) is 0 Å². The van der Waals surface area contributed by atoms with E-state index in [0.29, 0.717) is 6.54 Å². The summed E-state index contributed by atoms with van der Waals surface area (Å²) in [6.07, 6.45) is 3.69. The second-order valence-corrected chi connectivity index (χ2v) is 5.58. The minimum absolute atomic E-state index is 0.0542. The topological polar surface area (TPSA) is 26.9 Å². The first kappa shape index (κ1) is 12.4. The Morgan fingerprint density at radius 2 is 1.82 bits per heavy atom. The van der Waals surface area contributed by atoms with Gasteiger partial charge < -0.3 is 0 Å². The molecule has 0 saturated heterocycles. The predicted molar refractivity (Wildman–Crippen MR) is 77.3 cm³/mol. The van der Waals surface area contributed by atoms with Crippen LogP contribution in [0.25, 0.3) is 0 Å². The van der Waals surface area contributed by atoms with Gasteiger partial charge in [-0.25, -0.2) is 4.79 Å². The molecular weight excluding hydrogens is 327 g/mol. The van der Waals surface area contributed by atoms with Crippen molar-refractivity contribution in [2.24, 2.45) is 0 Å². The van der Waals surface area contributed by atoms with Gasteiger partial charge in [0.25, 0.3) is 0 Å². The molecule has 2 aromatic rings. The molecule has 0 atom stereocenters. The SMILES string of the molecule is CC(C)n1ccn(Cc2ccc(I)cc2)c1=O. The van der Waals surface area contributed by atoms with Gasteiger partial charge in [0.05, 0.1) is 6.54 Å². The highest BCUT2D eigenvalue weighted by Gasteiger charge is 2.06. The molecule has 0 amide bonds. The molecule has 0 aliphatic heterocycles. The molecule has 1 aromatic carbocycles. The maximum Gasteiger partial charge on any atom is 0.328 e. The number of nitrogens with zero attached hydrogens (tertiary/aromatic N) is 2. The fourth-order valence-corrected chi connectivity index (χ4v) is 2.09. The summed E-state index contributed by atoms with van der Waals surface area (Å²) in [5, 5.41) is 0. The Hall–Kier alpha value is -1.04. The number of rotatable bonds is 3. The van der Waals surface area contributed by atoms with E-state index >= 15 is 0 Å². The quantitative estimate of drug-likeness (QED) is 0.788. The van der Waals surface area contributed by atoms with Crippen molar-refractivity contribution in [2.45, 2.75) is 26.4 Å². The molecule has 90 valence electrons. The molecule has 0 radical (unpaired) electrons. The summed E-state index contributed by atoms with van der Waals surface area (Å²) < 4.78 is 4.69. The Morgan fingerprint density at radius 3 is 2.35 bits per heavy atom. The third-order valence-corrected chi connectivity index (χ3v) is 3.42. The van der Waals surface area contributed by atoms with E-state index in [1.807, 2.05) is 26.2 Å². The van der Waals surface area contributed by atoms with Gasteiger partial charge in [0, 0.05) is 22.0 Å². The average Bonchev–Trinajstić information content (AvgIpc) is 2.64. The summed E-state index contributed by atoms with van der Waals surface area (Å²) >= 11 is 2.27. The van der Waals surface area contributed by atoms with E-state index in [-0.39, 0.29) is 11.7 Å². The average molecular weight is 342 g/mol. The second-order valence-electron chi connectivity index (χ2n) is 4.34. The van der Waals surface area contributed by atoms with Gasteiger partial charge in [0.2, 0.25) is 0 Å². The second kappa shape index (κ2) is 5.08. The molecule has 0 spiro atoms. The van der Waals surface area contributed by atoms with Crippen LogP contribution in [0.3, 0.4) is 0 Å². The van der Waals surface area contributed by atoms with Crippen molar-refractivity contribution < 1.29 is 0 Å². The van der Waals surface area contributed by atoms with Gasteiger partial charge >= 0.3 is 5.69 Å². The molecule has 0 saturated carbocycles. The van der Waals surface area contributed by atoms with Crippen molar-refractivity contribution in [3.05, 3.63) is 56.3 Å². The van der Waals surface area contributed by atoms with Gasteiger partial charge in [0.15, 0.2) is 0 Å². The van der Waals surface area contributed by atoms with Crippen molar-refractivity contribution in [1.29, 1.82) is 0 Å². The largest absolute Gasteiger partial charge is 0.328 e. The number of benzene rings is 1. The molecule has 2 rings (SSSR count). The van der Waals surface area contributed by atoms with Gasteiger partial charge in [-0.1, -0.05) is 12.1 Å². The normalized spacial score (nSPS) is 11.1. The smallest absolute Gasteiger partial charge is 0.297 e. The van der Waals surface area contributed by atoms with Crippen molar-refractivity contribution >= 4 is 22.6 Å². The highest BCUT2D eigenvalue weighted by Crippen LogP contribution is 2.08. The summed E-state index contributed by atoms with van der Waals surface area (Å²) in [6, 6.07) is 8.43. The summed E-state index contributed by atoms with van der Waals surface area (Å²) in [4.78, 5) is 12.0. The molecule has 1 aromatic heterocycles. The van der Waals surface area contributed by atoms with Crippen LogP contribution in [0, 0.1) is 3.57 Å². The Bertz CT molecular complexity index is 552. The van der Waals surface area contributed by atoms with E-state index in [4.69, 9.17) is 0 Å². The minimum Gasteiger partial charge on any atom is -0.297 e. The van der Waals surface area contributed by atoms with Crippen molar-refractivity contribution in [2.75, 3.05) is 0 Å². The van der Waals surface area contributed by atoms with E-state index < -0.39 is 0 Å². The molecular formula is C13H15IN2O. The molecule has 3 nitrogen and oxygen atoms in total. The minimum atomic E-state index is 0.0542. The summed E-state index contributed by atoms with van der Waals surface area (Å²) in [5.41, 5.74) is 1.20. The van der Waals surface area contributed by atoms with Gasteiger partial charge in [0.1, 0.15) is 0 Å². The molecule has 0 aliphatic rings. The molecule has 0 aliphatic carbocycles. The Morgan fingerprint density at radius 1 is 1.18 bits per heavy atom. The predicted octanol–water partition coefficient (Wildman–Crippen LogP) is 2.88. The first-order chi connectivity index (χ1) is 8.08. The summed E-state index contributed by atoms with van der Waals surface area (Å²) in [5.74, 6) is 0. The zero-order chi connectivity index (χ0) is 12.4. The van der Waals surface area contributed by atoms with Crippen LogP contribution in [0.1, 0.15) is 25.5 Å². The van der Waals surface area contributed by atoms with E-state index in [1.54, 1.807) is 9.13 Å². The zero-order valence-corrected chi connectivity index (χ0v) is 12.1. The third kappa shape index (κ3) is 2.80. The van der Waals surface area contributed by atoms with Crippen molar-refractivity contribution in [1.82, 2.24) is 9.13 Å². The van der Waals surface area contributed by atoms with Crippen molar-refractivity contribution in [3.8, 4) is 0 Å². The Balaban J connectivity index is 2.25. The highest BCUT2D eigenvalue weighted by atomic mass is 127. The van der Waals surface area contributed by atoms with Crippen LogP contribution in [0.2, 0.25) is 0 Å². The first-order valence-electron chi connectivity index (χ1n) is 5.59. The third-order valence-electron chi connectivity index (χ3n) is 2.70. The number of hydrogen-bond acceptors (Lipinski definition) is 1. The number of imidazole rings is 1. The molecule has 0 N–H and O–H groups in total. The van der Waals surface area contributed by atoms with Crippen LogP contribution in [0.5, 0.6) is 0 Å². The summed E-state index contributed by atoms with van der Waals surface area (Å²) in [6.45, 7) is 4.66. The van der Waals surface area contributed by atoms with Crippen LogP contribution < -0.4 is 5.69 Å². The lowest BCUT2D eigenvalue weighted by molar-refractivity contribution is 0.561. The molecule has 1 heterocycles. The molecule has 17 heavy (non-hydrogen) atoms. The lowest BCUT2D eigenvalue weighted by Gasteiger charge is -2.05. The monoisotopic (exact) mass is 342 g/mol.